The van der Waals surface area contributed by atoms with Crippen LogP contribution >= 0.6 is 0 Å². The monoisotopic (exact) mass is 238 g/mol. The van der Waals surface area contributed by atoms with Gasteiger partial charge in [-0.15, -0.1) is 6.58 Å². The number of anilines is 1. The lowest BCUT2D eigenvalue weighted by molar-refractivity contribution is 0.928. The molecule has 1 saturated heterocycles. The summed E-state index contributed by atoms with van der Waals surface area (Å²) in [5, 5.41) is 2.53. The zero-order valence-electron chi connectivity index (χ0n) is 10.6. The van der Waals surface area contributed by atoms with Crippen LogP contribution < -0.4 is 4.90 Å². The van der Waals surface area contributed by atoms with Gasteiger partial charge in [-0.25, -0.2) is 4.98 Å². The van der Waals surface area contributed by atoms with Crippen molar-refractivity contribution in [3.05, 3.63) is 48.7 Å². The van der Waals surface area contributed by atoms with Crippen molar-refractivity contribution < 1.29 is 0 Å². The molecule has 1 aliphatic heterocycles. The van der Waals surface area contributed by atoms with E-state index >= 15 is 0 Å². The number of hydrogen-bond donors (Lipinski definition) is 0. The molecule has 1 aliphatic rings. The van der Waals surface area contributed by atoms with Gasteiger partial charge >= 0.3 is 0 Å². The molecule has 1 fully saturated rings. The van der Waals surface area contributed by atoms with E-state index in [4.69, 9.17) is 4.98 Å². The van der Waals surface area contributed by atoms with Crippen LogP contribution in [0, 0.1) is 0 Å². The molecule has 0 bridgehead atoms. The highest BCUT2D eigenvalue weighted by Gasteiger charge is 2.15. The quantitative estimate of drug-likeness (QED) is 0.760. The minimum atomic E-state index is 0.836. The Labute approximate surface area is 108 Å². The molecule has 3 rings (SSSR count). The summed E-state index contributed by atoms with van der Waals surface area (Å²) >= 11 is 0. The van der Waals surface area contributed by atoms with E-state index in [1.165, 1.54) is 23.6 Å². The van der Waals surface area contributed by atoms with Crippen molar-refractivity contribution in [2.75, 3.05) is 18.0 Å². The standard InChI is InChI=1S/C16H18N2/c1-2-7-15-14-9-4-3-8-13(14)12-16(17-15)18-10-5-6-11-18/h2-4,8-9,12H,1,5-7,10-11H2. The van der Waals surface area contributed by atoms with Gasteiger partial charge in [-0.05, 0) is 24.3 Å². The van der Waals surface area contributed by atoms with E-state index in [1.807, 2.05) is 6.08 Å². The molecular formula is C16H18N2. The van der Waals surface area contributed by atoms with E-state index in [1.54, 1.807) is 0 Å². The summed E-state index contributed by atoms with van der Waals surface area (Å²) in [5.74, 6) is 1.13. The number of nitrogens with zero attached hydrogens (tertiary/aromatic N) is 2. The molecule has 0 N–H and O–H groups in total. The van der Waals surface area contributed by atoms with Crippen LogP contribution in [-0.4, -0.2) is 18.1 Å². The van der Waals surface area contributed by atoms with Gasteiger partial charge < -0.3 is 4.90 Å². The van der Waals surface area contributed by atoms with Gasteiger partial charge in [0.1, 0.15) is 5.82 Å². The van der Waals surface area contributed by atoms with E-state index in [0.29, 0.717) is 0 Å². The number of hydrogen-bond acceptors (Lipinski definition) is 2. The molecule has 0 aliphatic carbocycles. The number of rotatable bonds is 3. The summed E-state index contributed by atoms with van der Waals surface area (Å²) in [5.41, 5.74) is 1.14. The lowest BCUT2D eigenvalue weighted by atomic mass is 10.1. The van der Waals surface area contributed by atoms with Gasteiger partial charge in [0.15, 0.2) is 0 Å². The number of aromatic nitrogens is 1. The third kappa shape index (κ3) is 1.99. The van der Waals surface area contributed by atoms with Crippen molar-refractivity contribution in [2.45, 2.75) is 19.3 Å². The van der Waals surface area contributed by atoms with Gasteiger partial charge in [-0.3, -0.25) is 0 Å². The zero-order valence-corrected chi connectivity index (χ0v) is 10.6. The second-order valence-corrected chi connectivity index (χ2v) is 4.84. The first-order valence-electron chi connectivity index (χ1n) is 6.63. The van der Waals surface area contributed by atoms with Crippen LogP contribution in [0.2, 0.25) is 0 Å². The third-order valence-corrected chi connectivity index (χ3v) is 3.57. The molecule has 2 heteroatoms. The molecule has 18 heavy (non-hydrogen) atoms. The van der Waals surface area contributed by atoms with E-state index in [0.717, 1.165) is 31.0 Å². The molecule has 2 aromatic rings. The lowest BCUT2D eigenvalue weighted by Crippen LogP contribution is -2.19. The Bertz CT molecular complexity index is 568. The van der Waals surface area contributed by atoms with Gasteiger partial charge in [0.2, 0.25) is 0 Å². The lowest BCUT2D eigenvalue weighted by Gasteiger charge is -2.18. The van der Waals surface area contributed by atoms with Crippen LogP contribution in [0.4, 0.5) is 5.82 Å². The highest BCUT2D eigenvalue weighted by Crippen LogP contribution is 2.25. The molecule has 2 heterocycles. The second kappa shape index (κ2) is 4.81. The smallest absolute Gasteiger partial charge is 0.129 e. The van der Waals surface area contributed by atoms with Gasteiger partial charge in [0.25, 0.3) is 0 Å². The largest absolute Gasteiger partial charge is 0.357 e. The van der Waals surface area contributed by atoms with E-state index < -0.39 is 0 Å². The molecule has 0 spiro atoms. The SMILES string of the molecule is C=CCc1nc(N2CCCC2)cc2ccccc12. The molecule has 1 aromatic carbocycles. The van der Waals surface area contributed by atoms with Gasteiger partial charge in [0.05, 0.1) is 5.69 Å². The van der Waals surface area contributed by atoms with Crippen molar-refractivity contribution in [1.82, 2.24) is 4.98 Å². The normalized spacial score (nSPS) is 15.2. The molecule has 1 aromatic heterocycles. The van der Waals surface area contributed by atoms with Crippen molar-refractivity contribution in [3.8, 4) is 0 Å². The summed E-state index contributed by atoms with van der Waals surface area (Å²) in [4.78, 5) is 7.22. The van der Waals surface area contributed by atoms with Crippen molar-refractivity contribution in [1.29, 1.82) is 0 Å². The topological polar surface area (TPSA) is 16.1 Å². The minimum Gasteiger partial charge on any atom is -0.357 e. The zero-order chi connectivity index (χ0) is 12.4. The van der Waals surface area contributed by atoms with Crippen LogP contribution in [0.15, 0.2) is 43.0 Å². The first kappa shape index (κ1) is 11.3. The highest BCUT2D eigenvalue weighted by atomic mass is 15.2. The Morgan fingerprint density at radius 1 is 1.22 bits per heavy atom. The predicted molar refractivity (Wildman–Crippen MR) is 77.1 cm³/mol. The molecule has 0 radical (unpaired) electrons. The molecule has 0 unspecified atom stereocenters. The first-order valence-corrected chi connectivity index (χ1v) is 6.63. The fourth-order valence-corrected chi connectivity index (χ4v) is 2.66. The molecule has 0 amide bonds. The number of fused-ring (bicyclic) bond motifs is 1. The average molecular weight is 238 g/mol. The fourth-order valence-electron chi connectivity index (χ4n) is 2.66. The molecular weight excluding hydrogens is 220 g/mol. The molecule has 0 saturated carbocycles. The minimum absolute atomic E-state index is 0.836. The summed E-state index contributed by atoms with van der Waals surface area (Å²) in [6, 6.07) is 10.7. The maximum Gasteiger partial charge on any atom is 0.129 e. The number of allylic oxidation sites excluding steroid dienone is 1. The van der Waals surface area contributed by atoms with Gasteiger partial charge in [0, 0.05) is 24.9 Å². The average Bonchev–Trinajstić information content (AvgIpc) is 2.93. The number of pyridine rings is 1. The highest BCUT2D eigenvalue weighted by molar-refractivity contribution is 5.87. The first-order chi connectivity index (χ1) is 8.88. The maximum atomic E-state index is 4.83. The Morgan fingerprint density at radius 3 is 2.78 bits per heavy atom. The summed E-state index contributed by atoms with van der Waals surface area (Å²) < 4.78 is 0. The molecule has 2 nitrogen and oxygen atoms in total. The van der Waals surface area contributed by atoms with Crippen LogP contribution in [0.25, 0.3) is 10.8 Å². The Morgan fingerprint density at radius 2 is 2.00 bits per heavy atom. The predicted octanol–water partition coefficient (Wildman–Crippen LogP) is 3.56. The maximum absolute atomic E-state index is 4.83. The van der Waals surface area contributed by atoms with E-state index in [2.05, 4.69) is 41.8 Å². The summed E-state index contributed by atoms with van der Waals surface area (Å²) in [7, 11) is 0. The molecule has 0 atom stereocenters. The fraction of sp³-hybridized carbons (Fsp3) is 0.312. The second-order valence-electron chi connectivity index (χ2n) is 4.84. The Balaban J connectivity index is 2.12. The van der Waals surface area contributed by atoms with Gasteiger partial charge in [-0.2, -0.15) is 0 Å². The van der Waals surface area contributed by atoms with Crippen molar-refractivity contribution in [2.24, 2.45) is 0 Å². The van der Waals surface area contributed by atoms with Crippen LogP contribution in [-0.2, 0) is 6.42 Å². The van der Waals surface area contributed by atoms with E-state index in [9.17, 15) is 0 Å². The summed E-state index contributed by atoms with van der Waals surface area (Å²) in [6.07, 6.45) is 5.33. The van der Waals surface area contributed by atoms with Crippen molar-refractivity contribution >= 4 is 16.6 Å². The number of benzene rings is 1. The Kier molecular flexibility index (Phi) is 3.01. The van der Waals surface area contributed by atoms with Gasteiger partial charge in [-0.1, -0.05) is 30.3 Å². The van der Waals surface area contributed by atoms with Crippen LogP contribution in [0.1, 0.15) is 18.5 Å². The van der Waals surface area contributed by atoms with Crippen LogP contribution in [0.5, 0.6) is 0 Å². The summed E-state index contributed by atoms with van der Waals surface area (Å²) in [6.45, 7) is 6.11. The Hall–Kier alpha value is -1.83. The van der Waals surface area contributed by atoms with Crippen molar-refractivity contribution in [3.63, 3.8) is 0 Å². The molecule has 92 valence electrons. The van der Waals surface area contributed by atoms with Crippen LogP contribution in [0.3, 0.4) is 0 Å². The third-order valence-electron chi connectivity index (χ3n) is 3.57. The van der Waals surface area contributed by atoms with E-state index in [-0.39, 0.29) is 0 Å².